The second kappa shape index (κ2) is 6.21. The van der Waals surface area contributed by atoms with Crippen LogP contribution in [-0.4, -0.2) is 40.7 Å². The van der Waals surface area contributed by atoms with Crippen molar-refractivity contribution in [1.82, 2.24) is 9.80 Å². The molecular weight excluding hydrogens is 300 g/mol. The van der Waals surface area contributed by atoms with E-state index in [9.17, 15) is 9.59 Å². The third kappa shape index (κ3) is 2.63. The maximum Gasteiger partial charge on any atom is 0.261 e. The monoisotopic (exact) mass is 320 g/mol. The number of amides is 2. The number of carbonyl (C=O) groups excluding carboxylic acids is 2. The van der Waals surface area contributed by atoms with Crippen LogP contribution in [0.1, 0.15) is 39.1 Å². The number of fused-ring (bicyclic) bond motifs is 1. The van der Waals surface area contributed by atoms with Gasteiger partial charge < -0.3 is 0 Å². The summed E-state index contributed by atoms with van der Waals surface area (Å²) in [5.41, 5.74) is 2.40. The minimum atomic E-state index is -0.128. The molecule has 1 fully saturated rings. The molecule has 24 heavy (non-hydrogen) atoms. The maximum atomic E-state index is 12.6. The fourth-order valence-electron chi connectivity index (χ4n) is 3.72. The summed E-state index contributed by atoms with van der Waals surface area (Å²) in [7, 11) is 0. The molecule has 0 saturated carbocycles. The van der Waals surface area contributed by atoms with Crippen LogP contribution in [0.3, 0.4) is 0 Å². The van der Waals surface area contributed by atoms with E-state index < -0.39 is 0 Å². The van der Waals surface area contributed by atoms with Gasteiger partial charge in [0.1, 0.15) is 0 Å². The first-order valence-electron chi connectivity index (χ1n) is 8.47. The van der Waals surface area contributed by atoms with Crippen LogP contribution >= 0.6 is 0 Å². The molecule has 2 heterocycles. The number of hydrogen-bond acceptors (Lipinski definition) is 3. The fraction of sp³-hybridized carbons (Fsp3) is 0.300. The summed E-state index contributed by atoms with van der Waals surface area (Å²) < 4.78 is 0. The van der Waals surface area contributed by atoms with Crippen LogP contribution in [0.5, 0.6) is 0 Å². The van der Waals surface area contributed by atoms with Gasteiger partial charge in [0.15, 0.2) is 0 Å². The predicted molar refractivity (Wildman–Crippen MR) is 91.7 cm³/mol. The summed E-state index contributed by atoms with van der Waals surface area (Å²) in [5.74, 6) is -0.255. The highest BCUT2D eigenvalue weighted by Crippen LogP contribution is 2.28. The number of carbonyl (C=O) groups is 2. The van der Waals surface area contributed by atoms with E-state index in [1.54, 1.807) is 12.1 Å². The molecule has 1 saturated heterocycles. The molecule has 2 amide bonds. The lowest BCUT2D eigenvalue weighted by Gasteiger charge is -2.35. The lowest BCUT2D eigenvalue weighted by molar-refractivity contribution is 0.0498. The first-order chi connectivity index (χ1) is 11.7. The standard InChI is InChI=1S/C20H20N2O2/c23-19-17-8-4-5-9-18(17)20(24)22(19)16-10-12-21(13-11-16)14-15-6-2-1-3-7-15/h1-9,16H,10-14H2. The van der Waals surface area contributed by atoms with Crippen LogP contribution < -0.4 is 0 Å². The van der Waals surface area contributed by atoms with Crippen molar-refractivity contribution in [2.75, 3.05) is 13.1 Å². The van der Waals surface area contributed by atoms with Crippen LogP contribution in [0, 0.1) is 0 Å². The van der Waals surface area contributed by atoms with E-state index in [2.05, 4.69) is 29.2 Å². The zero-order chi connectivity index (χ0) is 16.5. The summed E-state index contributed by atoms with van der Waals surface area (Å²) in [6.45, 7) is 2.75. The summed E-state index contributed by atoms with van der Waals surface area (Å²) in [6, 6.07) is 17.6. The Morgan fingerprint density at radius 3 is 1.92 bits per heavy atom. The third-order valence-electron chi connectivity index (χ3n) is 5.00. The Hall–Kier alpha value is -2.46. The summed E-state index contributed by atoms with van der Waals surface area (Å²) in [4.78, 5) is 29.0. The smallest absolute Gasteiger partial charge is 0.261 e. The lowest BCUT2D eigenvalue weighted by atomic mass is 10.0. The van der Waals surface area contributed by atoms with Crippen LogP contribution in [0.2, 0.25) is 0 Å². The van der Waals surface area contributed by atoms with E-state index in [1.165, 1.54) is 10.5 Å². The Kier molecular flexibility index (Phi) is 3.90. The second-order valence-corrected chi connectivity index (χ2v) is 6.52. The minimum absolute atomic E-state index is 0.0180. The summed E-state index contributed by atoms with van der Waals surface area (Å²) in [5, 5.41) is 0. The average molecular weight is 320 g/mol. The molecule has 0 bridgehead atoms. The second-order valence-electron chi connectivity index (χ2n) is 6.52. The molecule has 0 spiro atoms. The first kappa shape index (κ1) is 15.1. The number of benzene rings is 2. The zero-order valence-corrected chi connectivity index (χ0v) is 13.5. The SMILES string of the molecule is O=C1c2ccccc2C(=O)N1C1CCN(Cc2ccccc2)CC1. The topological polar surface area (TPSA) is 40.6 Å². The molecule has 2 aromatic carbocycles. The van der Waals surface area contributed by atoms with Crippen LogP contribution in [0.25, 0.3) is 0 Å². The molecule has 0 N–H and O–H groups in total. The van der Waals surface area contributed by atoms with Gasteiger partial charge >= 0.3 is 0 Å². The van der Waals surface area contributed by atoms with Crippen LogP contribution in [0.15, 0.2) is 54.6 Å². The third-order valence-corrected chi connectivity index (χ3v) is 5.00. The number of rotatable bonds is 3. The summed E-state index contributed by atoms with van der Waals surface area (Å²) >= 11 is 0. The fourth-order valence-corrected chi connectivity index (χ4v) is 3.72. The minimum Gasteiger partial charge on any atom is -0.299 e. The maximum absolute atomic E-state index is 12.6. The van der Waals surface area contributed by atoms with E-state index in [0.29, 0.717) is 11.1 Å². The molecule has 122 valence electrons. The number of nitrogens with zero attached hydrogens (tertiary/aromatic N) is 2. The van der Waals surface area contributed by atoms with Crippen molar-refractivity contribution >= 4 is 11.8 Å². The number of likely N-dealkylation sites (tertiary alicyclic amines) is 1. The Morgan fingerprint density at radius 1 is 0.792 bits per heavy atom. The highest BCUT2D eigenvalue weighted by Gasteiger charge is 2.40. The van der Waals surface area contributed by atoms with E-state index in [1.807, 2.05) is 18.2 Å². The predicted octanol–water partition coefficient (Wildman–Crippen LogP) is 2.95. The van der Waals surface area contributed by atoms with Crippen molar-refractivity contribution in [1.29, 1.82) is 0 Å². The highest BCUT2D eigenvalue weighted by molar-refractivity contribution is 6.21. The Morgan fingerprint density at radius 2 is 1.33 bits per heavy atom. The van der Waals surface area contributed by atoms with Gasteiger partial charge in [0.05, 0.1) is 11.1 Å². The molecule has 0 unspecified atom stereocenters. The number of imide groups is 1. The van der Waals surface area contributed by atoms with Gasteiger partial charge in [-0.05, 0) is 30.5 Å². The van der Waals surface area contributed by atoms with Crippen LogP contribution in [-0.2, 0) is 6.54 Å². The quantitative estimate of drug-likeness (QED) is 0.817. The molecule has 0 aromatic heterocycles. The van der Waals surface area contributed by atoms with Crippen molar-refractivity contribution in [3.05, 3.63) is 71.3 Å². The first-order valence-corrected chi connectivity index (χ1v) is 8.47. The van der Waals surface area contributed by atoms with E-state index in [4.69, 9.17) is 0 Å². The van der Waals surface area contributed by atoms with Gasteiger partial charge in [-0.2, -0.15) is 0 Å². The van der Waals surface area contributed by atoms with E-state index >= 15 is 0 Å². The Bertz CT molecular complexity index is 729. The molecular formula is C20H20N2O2. The van der Waals surface area contributed by atoms with Gasteiger partial charge in [-0.25, -0.2) is 0 Å². The average Bonchev–Trinajstić information content (AvgIpc) is 2.88. The zero-order valence-electron chi connectivity index (χ0n) is 13.5. The summed E-state index contributed by atoms with van der Waals surface area (Å²) in [6.07, 6.45) is 1.69. The largest absolute Gasteiger partial charge is 0.299 e. The van der Waals surface area contributed by atoms with E-state index in [-0.39, 0.29) is 17.9 Å². The molecule has 4 nitrogen and oxygen atoms in total. The van der Waals surface area contributed by atoms with Crippen molar-refractivity contribution in [3.8, 4) is 0 Å². The molecule has 4 heteroatoms. The van der Waals surface area contributed by atoms with Gasteiger partial charge in [0.25, 0.3) is 11.8 Å². The lowest BCUT2D eigenvalue weighted by Crippen LogP contribution is -2.47. The molecule has 0 radical (unpaired) electrons. The van der Waals surface area contributed by atoms with Crippen molar-refractivity contribution < 1.29 is 9.59 Å². The normalized spacial score (nSPS) is 18.9. The van der Waals surface area contributed by atoms with Crippen molar-refractivity contribution in [2.45, 2.75) is 25.4 Å². The van der Waals surface area contributed by atoms with Gasteiger partial charge in [-0.3, -0.25) is 19.4 Å². The molecule has 0 atom stereocenters. The molecule has 2 aliphatic rings. The molecule has 2 aliphatic heterocycles. The van der Waals surface area contributed by atoms with Gasteiger partial charge in [0, 0.05) is 25.7 Å². The number of piperidine rings is 1. The van der Waals surface area contributed by atoms with Crippen LogP contribution in [0.4, 0.5) is 0 Å². The van der Waals surface area contributed by atoms with E-state index in [0.717, 1.165) is 32.5 Å². The van der Waals surface area contributed by atoms with Crippen molar-refractivity contribution in [3.63, 3.8) is 0 Å². The van der Waals surface area contributed by atoms with Gasteiger partial charge in [-0.1, -0.05) is 42.5 Å². The highest BCUT2D eigenvalue weighted by atomic mass is 16.2. The van der Waals surface area contributed by atoms with Gasteiger partial charge in [-0.15, -0.1) is 0 Å². The Labute approximate surface area is 141 Å². The molecule has 4 rings (SSSR count). The Balaban J connectivity index is 1.42. The molecule has 0 aliphatic carbocycles. The molecule has 2 aromatic rings. The number of hydrogen-bond donors (Lipinski definition) is 0. The van der Waals surface area contributed by atoms with Crippen molar-refractivity contribution in [2.24, 2.45) is 0 Å². The van der Waals surface area contributed by atoms with Gasteiger partial charge in [0.2, 0.25) is 0 Å².